The number of hydrogen-bond donors (Lipinski definition) is 2. The molecule has 1 atom stereocenters. The zero-order chi connectivity index (χ0) is 18.3. The first kappa shape index (κ1) is 16.6. The van der Waals surface area contributed by atoms with Gasteiger partial charge in [-0.2, -0.15) is 5.10 Å². The Labute approximate surface area is 149 Å². The lowest BCUT2D eigenvalue weighted by Crippen LogP contribution is -2.41. The molecular weight excluding hydrogens is 336 g/mol. The lowest BCUT2D eigenvalue weighted by Gasteiger charge is -2.31. The first-order chi connectivity index (χ1) is 12.6. The molecule has 3 aromatic rings. The number of carboxylic acids is 1. The summed E-state index contributed by atoms with van der Waals surface area (Å²) in [6.07, 6.45) is 6.87. The molecule has 4 rings (SSSR count). The highest BCUT2D eigenvalue weighted by atomic mass is 16.5. The van der Waals surface area contributed by atoms with E-state index in [-0.39, 0.29) is 0 Å². The summed E-state index contributed by atoms with van der Waals surface area (Å²) in [5.74, 6) is -0.207. The highest BCUT2D eigenvalue weighted by molar-refractivity contribution is 5.99. The van der Waals surface area contributed by atoms with Crippen LogP contribution >= 0.6 is 0 Å². The van der Waals surface area contributed by atoms with Crippen molar-refractivity contribution in [3.8, 4) is 5.75 Å². The first-order valence-electron chi connectivity index (χ1n) is 8.54. The van der Waals surface area contributed by atoms with Crippen LogP contribution in [0.5, 0.6) is 5.75 Å². The molecule has 26 heavy (non-hydrogen) atoms. The number of nitrogens with zero attached hydrogens (tertiary/aromatic N) is 3. The number of nitrogens with one attached hydrogen (secondary N) is 1. The maximum absolute atomic E-state index is 11.6. The van der Waals surface area contributed by atoms with Gasteiger partial charge in [0, 0.05) is 19.1 Å². The fraction of sp³-hybridized carbons (Fsp3) is 0.389. The van der Waals surface area contributed by atoms with Crippen LogP contribution < -0.4 is 4.74 Å². The smallest absolute Gasteiger partial charge is 0.336 e. The summed E-state index contributed by atoms with van der Waals surface area (Å²) in [5, 5.41) is 21.9. The van der Waals surface area contributed by atoms with Crippen molar-refractivity contribution in [2.45, 2.75) is 31.8 Å². The first-order valence-corrected chi connectivity index (χ1v) is 8.54. The molecule has 0 saturated heterocycles. The molecule has 8 heteroatoms. The van der Waals surface area contributed by atoms with Gasteiger partial charge in [-0.3, -0.25) is 5.10 Å². The second kappa shape index (κ2) is 6.14. The van der Waals surface area contributed by atoms with Gasteiger partial charge in [0.05, 0.1) is 29.9 Å². The standard InChI is InChI=1S/C18H20N4O4/c1-3-26-12-8-13(11-4-6-18(25-2,7-5-11)17(23)24)15-14-9-19-20-16(14)21-22(15)10-12/h4,8-10H,3,5-7H2,1-2H3,(H,20,21)(H,23,24). The van der Waals surface area contributed by atoms with Gasteiger partial charge in [-0.1, -0.05) is 6.08 Å². The predicted molar refractivity (Wildman–Crippen MR) is 95.2 cm³/mol. The van der Waals surface area contributed by atoms with E-state index in [2.05, 4.69) is 15.3 Å². The van der Waals surface area contributed by atoms with Crippen molar-refractivity contribution < 1.29 is 19.4 Å². The van der Waals surface area contributed by atoms with Gasteiger partial charge < -0.3 is 14.6 Å². The van der Waals surface area contributed by atoms with E-state index in [9.17, 15) is 9.90 Å². The van der Waals surface area contributed by atoms with Crippen LogP contribution in [-0.4, -0.2) is 50.2 Å². The topological polar surface area (TPSA) is 102 Å². The number of carboxylic acid groups (broad SMARTS) is 1. The number of aromatic amines is 1. The minimum Gasteiger partial charge on any atom is -0.492 e. The molecule has 0 saturated carbocycles. The predicted octanol–water partition coefficient (Wildman–Crippen LogP) is 2.65. The van der Waals surface area contributed by atoms with E-state index >= 15 is 0 Å². The maximum atomic E-state index is 11.6. The Bertz CT molecular complexity index is 1020. The lowest BCUT2D eigenvalue weighted by atomic mass is 9.83. The van der Waals surface area contributed by atoms with Crippen LogP contribution in [0.1, 0.15) is 31.7 Å². The van der Waals surface area contributed by atoms with Gasteiger partial charge in [0.2, 0.25) is 0 Å². The van der Waals surface area contributed by atoms with Crippen molar-refractivity contribution >= 4 is 28.1 Å². The second-order valence-electron chi connectivity index (χ2n) is 6.39. The van der Waals surface area contributed by atoms with Gasteiger partial charge in [-0.05, 0) is 31.4 Å². The van der Waals surface area contributed by atoms with E-state index in [1.165, 1.54) is 7.11 Å². The van der Waals surface area contributed by atoms with Crippen LogP contribution in [0.4, 0.5) is 0 Å². The van der Waals surface area contributed by atoms with E-state index in [0.717, 1.165) is 27.8 Å². The third-order valence-electron chi connectivity index (χ3n) is 5.02. The average Bonchev–Trinajstić information content (AvgIpc) is 3.22. The number of methoxy groups -OCH3 is 1. The molecule has 3 heterocycles. The fourth-order valence-corrected chi connectivity index (χ4v) is 3.57. The highest BCUT2D eigenvalue weighted by Crippen LogP contribution is 2.39. The molecule has 0 aromatic carbocycles. The molecule has 2 N–H and O–H groups in total. The third kappa shape index (κ3) is 2.45. The van der Waals surface area contributed by atoms with Crippen LogP contribution in [-0.2, 0) is 9.53 Å². The number of rotatable bonds is 5. The molecule has 136 valence electrons. The minimum absolute atomic E-state index is 0.321. The normalized spacial score (nSPS) is 20.5. The summed E-state index contributed by atoms with van der Waals surface area (Å²) in [6.45, 7) is 2.48. The monoisotopic (exact) mass is 356 g/mol. The molecule has 0 aliphatic heterocycles. The van der Waals surface area contributed by atoms with Crippen molar-refractivity contribution in [2.75, 3.05) is 13.7 Å². The van der Waals surface area contributed by atoms with Gasteiger partial charge >= 0.3 is 5.97 Å². The Hall–Kier alpha value is -2.87. The van der Waals surface area contributed by atoms with Gasteiger partial charge in [0.1, 0.15) is 5.75 Å². The summed E-state index contributed by atoms with van der Waals surface area (Å²) in [4.78, 5) is 11.6. The van der Waals surface area contributed by atoms with Crippen molar-refractivity contribution in [3.05, 3.63) is 30.1 Å². The van der Waals surface area contributed by atoms with Crippen molar-refractivity contribution in [1.82, 2.24) is 19.8 Å². The molecule has 1 aliphatic carbocycles. The maximum Gasteiger partial charge on any atom is 0.336 e. The van der Waals surface area contributed by atoms with Crippen LogP contribution in [0.15, 0.2) is 24.5 Å². The molecule has 0 radical (unpaired) electrons. The van der Waals surface area contributed by atoms with Gasteiger partial charge in [0.25, 0.3) is 0 Å². The summed E-state index contributed by atoms with van der Waals surface area (Å²) in [6, 6.07) is 1.99. The number of aromatic nitrogens is 4. The molecule has 1 unspecified atom stereocenters. The van der Waals surface area contributed by atoms with Gasteiger partial charge in [0.15, 0.2) is 11.2 Å². The molecule has 3 aromatic heterocycles. The van der Waals surface area contributed by atoms with E-state index in [4.69, 9.17) is 9.47 Å². The molecular formula is C18H20N4O4. The second-order valence-corrected chi connectivity index (χ2v) is 6.39. The number of carbonyl (C=O) groups is 1. The van der Waals surface area contributed by atoms with Gasteiger partial charge in [-0.15, -0.1) is 5.10 Å². The summed E-state index contributed by atoms with van der Waals surface area (Å²) in [7, 11) is 1.45. The van der Waals surface area contributed by atoms with Crippen LogP contribution in [0.3, 0.4) is 0 Å². The molecule has 0 spiro atoms. The Morgan fingerprint density at radius 3 is 3.00 bits per heavy atom. The highest BCUT2D eigenvalue weighted by Gasteiger charge is 2.40. The molecule has 0 bridgehead atoms. The zero-order valence-electron chi connectivity index (χ0n) is 14.7. The van der Waals surface area contributed by atoms with E-state index in [0.29, 0.717) is 31.5 Å². The van der Waals surface area contributed by atoms with E-state index < -0.39 is 11.6 Å². The summed E-state index contributed by atoms with van der Waals surface area (Å²) >= 11 is 0. The molecule has 8 nitrogen and oxygen atoms in total. The van der Waals surface area contributed by atoms with Gasteiger partial charge in [-0.25, -0.2) is 9.31 Å². The number of pyridine rings is 1. The Balaban J connectivity index is 1.86. The zero-order valence-corrected chi connectivity index (χ0v) is 14.7. The summed E-state index contributed by atoms with van der Waals surface area (Å²) in [5.41, 5.74) is 2.53. The number of allylic oxidation sites excluding steroid dienone is 1. The molecule has 0 amide bonds. The number of hydrogen-bond acceptors (Lipinski definition) is 5. The van der Waals surface area contributed by atoms with Crippen molar-refractivity contribution in [2.24, 2.45) is 0 Å². The number of aliphatic carboxylic acids is 1. The number of H-pyrrole nitrogens is 1. The van der Waals surface area contributed by atoms with Crippen molar-refractivity contribution in [1.29, 1.82) is 0 Å². The van der Waals surface area contributed by atoms with Crippen LogP contribution in [0, 0.1) is 0 Å². The van der Waals surface area contributed by atoms with E-state index in [1.54, 1.807) is 10.7 Å². The fourth-order valence-electron chi connectivity index (χ4n) is 3.57. The van der Waals surface area contributed by atoms with Crippen molar-refractivity contribution in [3.63, 3.8) is 0 Å². The Kier molecular flexibility index (Phi) is 3.91. The largest absolute Gasteiger partial charge is 0.492 e. The Morgan fingerprint density at radius 2 is 2.35 bits per heavy atom. The average molecular weight is 356 g/mol. The van der Waals surface area contributed by atoms with Crippen LogP contribution in [0.25, 0.3) is 22.1 Å². The SMILES string of the molecule is CCOc1cc(C2=CCC(OC)(C(=O)O)CC2)c2c3cn[nH]c3nn2c1. The molecule has 0 fully saturated rings. The summed E-state index contributed by atoms with van der Waals surface area (Å²) < 4.78 is 12.8. The molecule has 1 aliphatic rings. The third-order valence-corrected chi connectivity index (χ3v) is 5.02. The number of fused-ring (bicyclic) bond motifs is 3. The Morgan fingerprint density at radius 1 is 1.50 bits per heavy atom. The van der Waals surface area contributed by atoms with Crippen LogP contribution in [0.2, 0.25) is 0 Å². The van der Waals surface area contributed by atoms with E-state index in [1.807, 2.05) is 25.3 Å². The minimum atomic E-state index is -1.15. The number of ether oxygens (including phenoxy) is 2. The lowest BCUT2D eigenvalue weighted by molar-refractivity contribution is -0.163. The quantitative estimate of drug-likeness (QED) is 0.729.